The molecular formula is C122H76N2O2S2. The van der Waals surface area contributed by atoms with Crippen LogP contribution in [0.25, 0.3) is 216 Å². The maximum Gasteiger partial charge on any atom is 0.143 e. The van der Waals surface area contributed by atoms with Gasteiger partial charge in [-0.05, 0) is 261 Å². The standard InChI is InChI=1S/C62H39NOS.C60H37NOS/c1-3-12-40(13-4-1)45-18-11-19-51(35-45)63(50-28-22-42(23-29-50)47-27-31-56-58-33-25-44-17-8-10-21-54(44)62(58)65-60(56)39-47)52-36-48(41-14-5-2-6-15-41)34-49(37-52)46-26-30-55-57-32-24-43-16-7-9-20-53(43)61(57)64-59(55)38-46;1-2-11-43-34-45(17-16-38(43)8-1)44-12-7-13-50(35-44)61(48-26-18-39(19-27-48)46-24-32-57-55(36-46)53-30-22-41-9-3-5-14-51(41)59(53)62-57)49-28-20-40(21-29-49)47-25-33-58-56(37-47)54-31-23-42-10-4-6-15-52(42)60(54)63-58/h1-39H;1-37H/i1D,2D,3D,4D,5D,6D,12D,13D,14D,15D;. The van der Waals surface area contributed by atoms with E-state index in [4.69, 9.17) is 22.5 Å². The molecule has 0 fully saturated rings. The maximum atomic E-state index is 9.15. The van der Waals surface area contributed by atoms with Crippen molar-refractivity contribution in [1.82, 2.24) is 0 Å². The molecule has 4 nitrogen and oxygen atoms in total. The highest BCUT2D eigenvalue weighted by atomic mass is 32.1. The van der Waals surface area contributed by atoms with Crippen LogP contribution in [0, 0.1) is 0 Å². The van der Waals surface area contributed by atoms with Crippen LogP contribution in [0.2, 0.25) is 0 Å². The van der Waals surface area contributed by atoms with Crippen molar-refractivity contribution < 1.29 is 22.5 Å². The highest BCUT2D eigenvalue weighted by Gasteiger charge is 2.23. The molecule has 598 valence electrons. The molecular weight excluding hydrogens is 1590 g/mol. The van der Waals surface area contributed by atoms with Crippen molar-refractivity contribution in [2.45, 2.75) is 0 Å². The lowest BCUT2D eigenvalue weighted by atomic mass is 9.96. The molecule has 26 aromatic rings. The van der Waals surface area contributed by atoms with E-state index < -0.39 is 36.3 Å². The Morgan fingerprint density at radius 2 is 0.555 bits per heavy atom. The molecule has 4 aromatic heterocycles. The lowest BCUT2D eigenvalue weighted by Gasteiger charge is -2.27. The minimum absolute atomic E-state index is 0.0215. The molecule has 0 bridgehead atoms. The van der Waals surface area contributed by atoms with Gasteiger partial charge in [0.25, 0.3) is 0 Å². The van der Waals surface area contributed by atoms with Crippen LogP contribution in [0.4, 0.5) is 34.1 Å². The lowest BCUT2D eigenvalue weighted by molar-refractivity contribution is 0.672. The number of nitrogens with zero attached hydrogens (tertiary/aromatic N) is 2. The predicted octanol–water partition coefficient (Wildman–Crippen LogP) is 36.3. The molecule has 4 heterocycles. The fourth-order valence-corrected chi connectivity index (χ4v) is 21.4. The fourth-order valence-electron chi connectivity index (χ4n) is 18.9. The van der Waals surface area contributed by atoms with Gasteiger partial charge in [0.2, 0.25) is 0 Å². The molecule has 128 heavy (non-hydrogen) atoms. The van der Waals surface area contributed by atoms with Gasteiger partial charge in [0.15, 0.2) is 0 Å². The number of fused-ring (bicyclic) bond motifs is 21. The van der Waals surface area contributed by atoms with E-state index in [-0.39, 0.29) is 35.3 Å². The van der Waals surface area contributed by atoms with Gasteiger partial charge in [0.1, 0.15) is 22.3 Å². The molecule has 6 heteroatoms. The van der Waals surface area contributed by atoms with E-state index in [1.807, 2.05) is 101 Å². The Morgan fingerprint density at radius 3 is 1.14 bits per heavy atom. The molecule has 0 unspecified atom stereocenters. The zero-order chi connectivity index (χ0) is 93.0. The largest absolute Gasteiger partial charge is 0.455 e. The van der Waals surface area contributed by atoms with Crippen LogP contribution >= 0.6 is 22.7 Å². The van der Waals surface area contributed by atoms with Gasteiger partial charge in [-0.25, -0.2) is 0 Å². The third kappa shape index (κ3) is 13.2. The van der Waals surface area contributed by atoms with Crippen molar-refractivity contribution >= 4 is 195 Å². The Hall–Kier alpha value is -16.2. The summed E-state index contributed by atoms with van der Waals surface area (Å²) in [4.78, 5) is 4.34. The molecule has 22 aromatic carbocycles. The van der Waals surface area contributed by atoms with Crippen LogP contribution in [0.5, 0.6) is 0 Å². The van der Waals surface area contributed by atoms with Gasteiger partial charge < -0.3 is 18.6 Å². The SMILES string of the molecule is [2H]c1c([2H])c([2H])c(-c2cccc(N(c3ccc(-c4ccc5c(c4)sc4c6ccccc6ccc54)cc3)c3cc(-c4ccc5c(c4)oc4c6ccccc6ccc54)cc(-c4c([2H])c([2H])c([2H])c([2H])c4[2H])c3)c2)c([2H])c1[2H].c1cc(-c2ccc3ccccc3c2)cc(N(c2ccc(-c3ccc4oc5c6ccccc6ccc5c4c3)cc2)c2ccc(-c3ccc4sc5c6ccccc6ccc5c4c3)cc2)c1. The molecule has 0 amide bonds. The molecule has 0 aliphatic carbocycles. The van der Waals surface area contributed by atoms with E-state index in [1.165, 1.54) is 100 Å². The quantitative estimate of drug-likeness (QED) is 0.115. The van der Waals surface area contributed by atoms with E-state index in [1.54, 1.807) is 35.6 Å². The molecule has 0 radical (unpaired) electrons. The number of anilines is 6. The second kappa shape index (κ2) is 30.9. The third-order valence-electron chi connectivity index (χ3n) is 25.2. The molecule has 0 spiro atoms. The van der Waals surface area contributed by atoms with E-state index >= 15 is 0 Å². The average molecular weight is 1680 g/mol. The normalized spacial score (nSPS) is 12.8. The molecule has 0 saturated heterocycles. The van der Waals surface area contributed by atoms with Crippen molar-refractivity contribution in [2.24, 2.45) is 0 Å². The Balaban J connectivity index is 0.000000148. The zero-order valence-electron chi connectivity index (χ0n) is 78.6. The first-order valence-electron chi connectivity index (χ1n) is 47.8. The summed E-state index contributed by atoms with van der Waals surface area (Å²) < 4.78 is 105. The van der Waals surface area contributed by atoms with Crippen LogP contribution in [0.3, 0.4) is 0 Å². The van der Waals surface area contributed by atoms with Crippen molar-refractivity contribution in [3.05, 3.63) is 461 Å². The molecule has 0 aliphatic heterocycles. The second-order valence-electron chi connectivity index (χ2n) is 32.6. The van der Waals surface area contributed by atoms with Gasteiger partial charge in [0.05, 0.1) is 13.7 Å². The van der Waals surface area contributed by atoms with Crippen LogP contribution in [0.15, 0.2) is 470 Å². The smallest absolute Gasteiger partial charge is 0.143 e. The van der Waals surface area contributed by atoms with Crippen LogP contribution in [-0.4, -0.2) is 0 Å². The Kier molecular flexibility index (Phi) is 15.6. The van der Waals surface area contributed by atoms with Crippen molar-refractivity contribution in [3.8, 4) is 77.9 Å². The number of thiophene rings is 2. The number of hydrogen-bond donors (Lipinski definition) is 0. The first kappa shape index (κ1) is 64.5. The summed E-state index contributed by atoms with van der Waals surface area (Å²) in [5, 5.41) is 21.1. The maximum absolute atomic E-state index is 9.15. The summed E-state index contributed by atoms with van der Waals surface area (Å²) in [6.45, 7) is 0. The minimum Gasteiger partial charge on any atom is -0.455 e. The first-order valence-corrected chi connectivity index (χ1v) is 44.4. The zero-order valence-corrected chi connectivity index (χ0v) is 70.3. The average Bonchev–Trinajstić information content (AvgIpc) is 0.776. The summed E-state index contributed by atoms with van der Waals surface area (Å²) >= 11 is 3.66. The van der Waals surface area contributed by atoms with Crippen LogP contribution in [0.1, 0.15) is 13.7 Å². The van der Waals surface area contributed by atoms with Gasteiger partial charge in [-0.1, -0.05) is 321 Å². The number of rotatable bonds is 13. The van der Waals surface area contributed by atoms with Crippen molar-refractivity contribution in [3.63, 3.8) is 0 Å². The van der Waals surface area contributed by atoms with Gasteiger partial charge in [-0.2, -0.15) is 0 Å². The third-order valence-corrected chi connectivity index (χ3v) is 27.6. The summed E-state index contributed by atoms with van der Waals surface area (Å²) in [6, 6.07) is 136. The monoisotopic (exact) mass is 1670 g/mol. The van der Waals surface area contributed by atoms with Gasteiger partial charge in [-0.15, -0.1) is 22.7 Å². The highest BCUT2D eigenvalue weighted by molar-refractivity contribution is 7.27. The number of hydrogen-bond acceptors (Lipinski definition) is 6. The second-order valence-corrected chi connectivity index (χ2v) is 34.8. The van der Waals surface area contributed by atoms with Gasteiger partial charge in [0, 0.05) is 107 Å². The number of benzene rings is 22. The minimum atomic E-state index is -0.501. The molecule has 0 N–H and O–H groups in total. The Bertz CT molecular complexity index is 9330. The van der Waals surface area contributed by atoms with Crippen molar-refractivity contribution in [1.29, 1.82) is 0 Å². The molecule has 26 rings (SSSR count). The van der Waals surface area contributed by atoms with E-state index in [9.17, 15) is 0 Å². The van der Waals surface area contributed by atoms with E-state index in [0.29, 0.717) is 39.3 Å². The molecule has 0 atom stereocenters. The lowest BCUT2D eigenvalue weighted by Crippen LogP contribution is -2.10. The first-order chi connectivity index (χ1) is 67.5. The summed E-state index contributed by atoms with van der Waals surface area (Å²) in [7, 11) is 0. The Labute approximate surface area is 760 Å². The molecule has 0 aliphatic rings. The van der Waals surface area contributed by atoms with Gasteiger partial charge in [-0.3, -0.25) is 0 Å². The van der Waals surface area contributed by atoms with Crippen LogP contribution < -0.4 is 9.80 Å². The highest BCUT2D eigenvalue weighted by Crippen LogP contribution is 2.49. The van der Waals surface area contributed by atoms with E-state index in [0.717, 1.165) is 99.3 Å². The fraction of sp³-hybridized carbons (Fsp3) is 0. The predicted molar refractivity (Wildman–Crippen MR) is 548 cm³/mol. The van der Waals surface area contributed by atoms with Crippen molar-refractivity contribution in [2.75, 3.05) is 9.80 Å². The molecule has 0 saturated carbocycles. The Morgan fingerprint density at radius 1 is 0.180 bits per heavy atom. The van der Waals surface area contributed by atoms with Gasteiger partial charge >= 0.3 is 0 Å². The van der Waals surface area contributed by atoms with E-state index in [2.05, 4.69) is 296 Å². The summed E-state index contributed by atoms with van der Waals surface area (Å²) in [5.41, 5.74) is 19.6. The summed E-state index contributed by atoms with van der Waals surface area (Å²) in [6.07, 6.45) is 0. The summed E-state index contributed by atoms with van der Waals surface area (Å²) in [5.74, 6) is 0. The van der Waals surface area contributed by atoms with Crippen LogP contribution in [-0.2, 0) is 0 Å². The number of furan rings is 2. The topological polar surface area (TPSA) is 32.8 Å².